The van der Waals surface area contributed by atoms with Crippen molar-refractivity contribution in [1.82, 2.24) is 33.5 Å². The van der Waals surface area contributed by atoms with Crippen molar-refractivity contribution in [1.29, 1.82) is 0 Å². The van der Waals surface area contributed by atoms with Crippen LogP contribution in [0.5, 0.6) is 5.75 Å². The van der Waals surface area contributed by atoms with E-state index < -0.39 is 0 Å². The van der Waals surface area contributed by atoms with Crippen LogP contribution in [0.25, 0.3) is 11.2 Å². The lowest BCUT2D eigenvalue weighted by Crippen LogP contribution is -2.59. The predicted molar refractivity (Wildman–Crippen MR) is 213 cm³/mol. The van der Waals surface area contributed by atoms with Gasteiger partial charge in [-0.2, -0.15) is 0 Å². The second kappa shape index (κ2) is 16.4. The highest BCUT2D eigenvalue weighted by molar-refractivity contribution is 6.30. The summed E-state index contributed by atoms with van der Waals surface area (Å²) >= 11 is 5.97. The molecule has 1 unspecified atom stereocenters. The van der Waals surface area contributed by atoms with E-state index in [9.17, 15) is 9.59 Å². The molecule has 0 amide bonds. The Labute approximate surface area is 318 Å². The first-order valence-corrected chi connectivity index (χ1v) is 19.1. The minimum atomic E-state index is -0.360. The summed E-state index contributed by atoms with van der Waals surface area (Å²) in [6, 6.07) is 21.8. The van der Waals surface area contributed by atoms with E-state index in [0.29, 0.717) is 22.5 Å². The van der Waals surface area contributed by atoms with E-state index in [4.69, 9.17) is 16.3 Å². The van der Waals surface area contributed by atoms with E-state index >= 15 is 0 Å². The van der Waals surface area contributed by atoms with E-state index in [1.807, 2.05) is 30.5 Å². The molecule has 2 fully saturated rings. The van der Waals surface area contributed by atoms with Crippen LogP contribution >= 0.6 is 11.6 Å². The highest BCUT2D eigenvalue weighted by Gasteiger charge is 2.53. The van der Waals surface area contributed by atoms with Crippen molar-refractivity contribution < 1.29 is 4.74 Å². The third kappa shape index (κ3) is 7.86. The molecule has 10 nitrogen and oxygen atoms in total. The molecule has 282 valence electrons. The number of piperidine rings is 1. The topological polar surface area (TPSA) is 90.4 Å². The van der Waals surface area contributed by atoms with Crippen LogP contribution in [0.1, 0.15) is 66.8 Å². The number of fused-ring (bicyclic) bond motifs is 2. The molecule has 2 bridgehead atoms. The van der Waals surface area contributed by atoms with Crippen molar-refractivity contribution in [2.24, 2.45) is 27.1 Å². The number of nitrogens with zero attached hydrogens (tertiary/aromatic N) is 7. The number of aromatic nitrogens is 5. The fraction of sp³-hybridized carbons (Fsp3) is 0.476. The SMILES string of the molecule is CN(C)CCC(c1ccc(Cl)cc1)c1ccccn1.COc1ccc2c(c1)[C@]13CCCC[C@@H]1[C@H](C2)N(C)CC3.Cn1c(=O)c2c(ncn2C)n(C)c1=O. The first kappa shape index (κ1) is 38.5. The Bertz CT molecular complexity index is 2130. The third-order valence-corrected chi connectivity index (χ3v) is 12.1. The molecule has 3 aromatic heterocycles. The van der Waals surface area contributed by atoms with Crippen molar-refractivity contribution >= 4 is 22.8 Å². The van der Waals surface area contributed by atoms with E-state index in [0.717, 1.165) is 46.0 Å². The molecule has 4 atom stereocenters. The molecule has 1 aliphatic heterocycles. The van der Waals surface area contributed by atoms with Crippen molar-refractivity contribution in [2.75, 3.05) is 41.3 Å². The Morgan fingerprint density at radius 1 is 0.962 bits per heavy atom. The van der Waals surface area contributed by atoms with Crippen LogP contribution in [-0.4, -0.2) is 80.9 Å². The molecule has 0 spiro atoms. The number of aryl methyl sites for hydroxylation is 2. The number of likely N-dealkylation sites (tertiary alicyclic amines) is 1. The molecule has 2 aromatic carbocycles. The van der Waals surface area contributed by atoms with Gasteiger partial charge in [0.25, 0.3) is 5.56 Å². The van der Waals surface area contributed by atoms with Crippen LogP contribution in [0.3, 0.4) is 0 Å². The smallest absolute Gasteiger partial charge is 0.332 e. The number of hydrogen-bond donors (Lipinski definition) is 0. The zero-order chi connectivity index (χ0) is 37.9. The van der Waals surface area contributed by atoms with Gasteiger partial charge < -0.3 is 19.1 Å². The number of ether oxygens (including phenoxy) is 1. The third-order valence-electron chi connectivity index (χ3n) is 11.8. The Morgan fingerprint density at radius 3 is 2.43 bits per heavy atom. The summed E-state index contributed by atoms with van der Waals surface area (Å²) in [6.07, 6.45) is 12.6. The molecule has 0 N–H and O–H groups in total. The quantitative estimate of drug-likeness (QED) is 0.206. The number of rotatable bonds is 6. The normalized spacial score (nSPS) is 21.1. The van der Waals surface area contributed by atoms with Gasteiger partial charge in [-0.15, -0.1) is 0 Å². The Kier molecular flexibility index (Phi) is 11.9. The number of halogens is 1. The fourth-order valence-corrected chi connectivity index (χ4v) is 9.05. The first-order valence-electron chi connectivity index (χ1n) is 18.7. The average molecular weight is 740 g/mol. The van der Waals surface area contributed by atoms with Crippen LogP contribution in [0.15, 0.2) is 82.8 Å². The summed E-state index contributed by atoms with van der Waals surface area (Å²) < 4.78 is 9.54. The predicted octanol–water partition coefficient (Wildman–Crippen LogP) is 6.17. The molecular weight excluding hydrogens is 686 g/mol. The molecular formula is C42H54ClN7O3. The van der Waals surface area contributed by atoms with Gasteiger partial charge in [0.15, 0.2) is 11.2 Å². The second-order valence-electron chi connectivity index (χ2n) is 15.2. The summed E-state index contributed by atoms with van der Waals surface area (Å²) in [5.74, 6) is 2.23. The van der Waals surface area contributed by atoms with Gasteiger partial charge in [0, 0.05) is 55.4 Å². The molecule has 1 saturated heterocycles. The molecule has 2 aliphatic carbocycles. The summed E-state index contributed by atoms with van der Waals surface area (Å²) in [5, 5.41) is 0.774. The minimum Gasteiger partial charge on any atom is -0.497 e. The lowest BCUT2D eigenvalue weighted by Gasteiger charge is -2.58. The molecule has 8 rings (SSSR count). The minimum absolute atomic E-state index is 0.317. The van der Waals surface area contributed by atoms with Crippen molar-refractivity contribution in [3.63, 3.8) is 0 Å². The Morgan fingerprint density at radius 2 is 1.74 bits per heavy atom. The average Bonchev–Trinajstić information content (AvgIpc) is 3.57. The molecule has 1 saturated carbocycles. The number of benzene rings is 2. The van der Waals surface area contributed by atoms with Gasteiger partial charge in [-0.3, -0.25) is 18.9 Å². The zero-order valence-electron chi connectivity index (χ0n) is 32.3. The van der Waals surface area contributed by atoms with Crippen LogP contribution in [0, 0.1) is 5.92 Å². The molecule has 5 aromatic rings. The van der Waals surface area contributed by atoms with Crippen LogP contribution < -0.4 is 16.0 Å². The van der Waals surface area contributed by atoms with E-state index in [1.165, 1.54) is 68.6 Å². The zero-order valence-corrected chi connectivity index (χ0v) is 33.0. The highest BCUT2D eigenvalue weighted by Crippen LogP contribution is 2.55. The second-order valence-corrected chi connectivity index (χ2v) is 15.7. The maximum atomic E-state index is 11.7. The first-order chi connectivity index (χ1) is 25.4. The standard InChI is InChI=1S/C18H25NO.C16H19ClN2.C8H10N4O2/c1-19-10-9-18-8-4-3-5-15(18)17(19)11-13-6-7-14(20-2)12-16(13)18;1-19(2)12-10-15(16-5-3-4-11-18-16)13-6-8-14(17)9-7-13;1-10-4-9-6-5(10)7(13)12(3)8(14)11(6)2/h6-7,12,15,17H,3-5,8-11H2,1-2H3;3-9,11,15H,10,12H2,1-2H3;4H,1-3H3/t15-,17+,18+;;/m1../s1. The monoisotopic (exact) mass is 739 g/mol. The van der Waals surface area contributed by atoms with Crippen molar-refractivity contribution in [3.05, 3.63) is 121 Å². The van der Waals surface area contributed by atoms with Gasteiger partial charge >= 0.3 is 5.69 Å². The number of imidazole rings is 1. The van der Waals surface area contributed by atoms with Gasteiger partial charge in [0.05, 0.1) is 13.4 Å². The van der Waals surface area contributed by atoms with Crippen molar-refractivity contribution in [2.45, 2.75) is 62.3 Å². The summed E-state index contributed by atoms with van der Waals surface area (Å²) in [6.45, 7) is 2.29. The molecule has 53 heavy (non-hydrogen) atoms. The Hall–Kier alpha value is -4.25. The Balaban J connectivity index is 0.000000138. The highest BCUT2D eigenvalue weighted by atomic mass is 35.5. The van der Waals surface area contributed by atoms with Gasteiger partial charge in [-0.1, -0.05) is 48.7 Å². The number of methoxy groups -OCH3 is 1. The van der Waals surface area contributed by atoms with Gasteiger partial charge in [0.1, 0.15) is 5.75 Å². The molecule has 11 heteroatoms. The summed E-state index contributed by atoms with van der Waals surface area (Å²) in [7, 11) is 13.1. The lowest BCUT2D eigenvalue weighted by molar-refractivity contribution is 0.00274. The van der Waals surface area contributed by atoms with Gasteiger partial charge in [-0.05, 0) is 125 Å². The van der Waals surface area contributed by atoms with Crippen LogP contribution in [-0.2, 0) is 33.0 Å². The maximum Gasteiger partial charge on any atom is 0.332 e. The largest absolute Gasteiger partial charge is 0.497 e. The number of hydrogen-bond acceptors (Lipinski definition) is 7. The summed E-state index contributed by atoms with van der Waals surface area (Å²) in [5.41, 5.74) is 6.24. The van der Waals surface area contributed by atoms with E-state index in [2.05, 4.69) is 77.3 Å². The van der Waals surface area contributed by atoms with Gasteiger partial charge in [0.2, 0.25) is 0 Å². The van der Waals surface area contributed by atoms with Crippen LogP contribution in [0.4, 0.5) is 0 Å². The molecule has 0 radical (unpaired) electrons. The fourth-order valence-electron chi connectivity index (χ4n) is 8.92. The number of pyridine rings is 1. The molecule has 3 aliphatic rings. The van der Waals surface area contributed by atoms with E-state index in [1.54, 1.807) is 36.9 Å². The number of likely N-dealkylation sites (N-methyl/N-ethyl adjacent to an activating group) is 1. The van der Waals surface area contributed by atoms with Crippen molar-refractivity contribution in [3.8, 4) is 5.75 Å². The van der Waals surface area contributed by atoms with E-state index in [-0.39, 0.29) is 11.2 Å². The lowest BCUT2D eigenvalue weighted by atomic mass is 9.52. The maximum absolute atomic E-state index is 11.7. The molecule has 4 heterocycles. The van der Waals surface area contributed by atoms with Gasteiger partial charge in [-0.25, -0.2) is 9.78 Å². The van der Waals surface area contributed by atoms with Crippen LogP contribution in [0.2, 0.25) is 5.02 Å². The summed E-state index contributed by atoms with van der Waals surface area (Å²) in [4.78, 5) is 36.5.